The zero-order chi connectivity index (χ0) is 29.1. The van der Waals surface area contributed by atoms with Crippen molar-refractivity contribution in [2.24, 2.45) is 24.8 Å². The third-order valence-electron chi connectivity index (χ3n) is 8.04. The maximum absolute atomic E-state index is 12.7. The smallest absolute Gasteiger partial charge is 0.309 e. The lowest BCUT2D eigenvalue weighted by Crippen LogP contribution is -2.39. The molecule has 224 valence electrons. The molecule has 0 N–H and O–H groups in total. The summed E-state index contributed by atoms with van der Waals surface area (Å²) in [6.07, 6.45) is 5.24. The van der Waals surface area contributed by atoms with Crippen molar-refractivity contribution in [2.75, 3.05) is 13.1 Å². The number of ether oxygens (including phenoxy) is 1. The first-order valence-electron chi connectivity index (χ1n) is 14.6. The summed E-state index contributed by atoms with van der Waals surface area (Å²) in [5, 5.41) is 0. The van der Waals surface area contributed by atoms with Gasteiger partial charge in [-0.25, -0.2) is 4.98 Å². The van der Waals surface area contributed by atoms with E-state index < -0.39 is 0 Å². The molecule has 9 heteroatoms. The number of hydrogen-bond acceptors (Lipinski definition) is 5. The molecule has 4 rings (SSSR count). The molecule has 0 bridgehead atoms. The summed E-state index contributed by atoms with van der Waals surface area (Å²) in [4.78, 5) is 44.2. The highest BCUT2D eigenvalue weighted by molar-refractivity contribution is 5.85. The van der Waals surface area contributed by atoms with Gasteiger partial charge in [-0.1, -0.05) is 19.9 Å². The summed E-state index contributed by atoms with van der Waals surface area (Å²) in [7, 11) is 1.77. The fourth-order valence-corrected chi connectivity index (χ4v) is 5.86. The number of rotatable bonds is 9. The van der Waals surface area contributed by atoms with E-state index in [1.165, 1.54) is 0 Å². The topological polar surface area (TPSA) is 86.4 Å². The summed E-state index contributed by atoms with van der Waals surface area (Å²) in [5.74, 6) is 1.17. The van der Waals surface area contributed by atoms with Gasteiger partial charge in [-0.15, -0.1) is 12.4 Å². The highest BCUT2D eigenvalue weighted by atomic mass is 35.5. The predicted octanol–water partition coefficient (Wildman–Crippen LogP) is 5.55. The predicted molar refractivity (Wildman–Crippen MR) is 165 cm³/mol. The van der Waals surface area contributed by atoms with Crippen LogP contribution in [0.25, 0.3) is 22.4 Å². The number of carbonyl (C=O) groups excluding carboxylic acids is 2. The normalized spacial score (nSPS) is 16.2. The lowest BCUT2D eigenvalue weighted by Gasteiger charge is -2.32. The molecule has 0 radical (unpaired) electrons. The van der Waals surface area contributed by atoms with Gasteiger partial charge in [-0.2, -0.15) is 0 Å². The summed E-state index contributed by atoms with van der Waals surface area (Å²) in [6.45, 7) is 13.7. The molecular formula is C32H45ClN4O4. The number of imidazole rings is 1. The van der Waals surface area contributed by atoms with Gasteiger partial charge in [0.2, 0.25) is 5.91 Å². The van der Waals surface area contributed by atoms with E-state index in [9.17, 15) is 14.4 Å². The van der Waals surface area contributed by atoms with Gasteiger partial charge in [0.25, 0.3) is 5.56 Å². The zero-order valence-electron chi connectivity index (χ0n) is 25.5. The van der Waals surface area contributed by atoms with Crippen molar-refractivity contribution < 1.29 is 14.3 Å². The molecule has 1 aliphatic rings. The first-order valence-corrected chi connectivity index (χ1v) is 14.6. The molecule has 1 amide bonds. The van der Waals surface area contributed by atoms with E-state index in [0.29, 0.717) is 17.9 Å². The van der Waals surface area contributed by atoms with E-state index in [2.05, 4.69) is 36.6 Å². The van der Waals surface area contributed by atoms with Crippen LogP contribution in [0.15, 0.2) is 35.3 Å². The number of esters is 1. The van der Waals surface area contributed by atoms with E-state index >= 15 is 0 Å². The van der Waals surface area contributed by atoms with Crippen molar-refractivity contribution in [3.05, 3.63) is 51.9 Å². The van der Waals surface area contributed by atoms with Crippen LogP contribution < -0.4 is 5.56 Å². The molecule has 2 atom stereocenters. The molecule has 3 heterocycles. The SMILES string of the molecule is CC(=O)N1CCC[C@@H](Cn2c(-c3cc(C)c(=O)n(C)c3)nc3cc(CC[C@H](C(=O)OC(C)C)C(C)C)ccc32)C1.Cl. The summed E-state index contributed by atoms with van der Waals surface area (Å²) < 4.78 is 9.38. The third kappa shape index (κ3) is 7.59. The number of amides is 1. The van der Waals surface area contributed by atoms with Crippen molar-refractivity contribution in [1.82, 2.24) is 19.0 Å². The lowest BCUT2D eigenvalue weighted by molar-refractivity contribution is -0.154. The number of aryl methyl sites for hydroxylation is 3. The van der Waals surface area contributed by atoms with Crippen molar-refractivity contribution in [2.45, 2.75) is 79.9 Å². The Balaban J connectivity index is 0.00000462. The second-order valence-electron chi connectivity index (χ2n) is 12.0. The van der Waals surface area contributed by atoms with Crippen LogP contribution in [-0.4, -0.2) is 50.1 Å². The van der Waals surface area contributed by atoms with Crippen molar-refractivity contribution in [1.29, 1.82) is 0 Å². The number of hydrogen-bond donors (Lipinski definition) is 0. The van der Waals surface area contributed by atoms with Crippen LogP contribution in [0, 0.1) is 24.7 Å². The molecule has 41 heavy (non-hydrogen) atoms. The number of carbonyl (C=O) groups is 2. The van der Waals surface area contributed by atoms with Crippen molar-refractivity contribution >= 4 is 35.3 Å². The standard InChI is InChI=1S/C32H44N4O4.ClH/c1-20(2)27(32(39)40-21(3)4)12-10-24-11-13-29-28(16-24)33-30(26-15-22(5)31(38)34(7)19-26)36(29)18-25-9-8-14-35(17-25)23(6)37;/h11,13,15-16,19-21,25,27H,8-10,12,14,17-18H2,1-7H3;1H/t25-,27+;/m1./s1. The first kappa shape index (κ1) is 32.4. The van der Waals surface area contributed by atoms with Crippen LogP contribution in [-0.2, 0) is 34.3 Å². The van der Waals surface area contributed by atoms with Gasteiger partial charge >= 0.3 is 5.97 Å². The van der Waals surface area contributed by atoms with Gasteiger partial charge in [0.15, 0.2) is 0 Å². The second kappa shape index (κ2) is 13.7. The minimum absolute atomic E-state index is 0. The largest absolute Gasteiger partial charge is 0.463 e. The second-order valence-corrected chi connectivity index (χ2v) is 12.0. The highest BCUT2D eigenvalue weighted by Gasteiger charge is 2.26. The van der Waals surface area contributed by atoms with Gasteiger partial charge in [0, 0.05) is 50.9 Å². The van der Waals surface area contributed by atoms with E-state index in [0.717, 1.165) is 66.9 Å². The van der Waals surface area contributed by atoms with Crippen molar-refractivity contribution in [3.8, 4) is 11.4 Å². The molecule has 0 saturated carbocycles. The number of aromatic nitrogens is 3. The van der Waals surface area contributed by atoms with Crippen LogP contribution in [0.1, 0.15) is 65.0 Å². The van der Waals surface area contributed by atoms with Crippen LogP contribution in [0.2, 0.25) is 0 Å². The minimum Gasteiger partial charge on any atom is -0.463 e. The molecule has 1 aromatic carbocycles. The molecule has 0 unspecified atom stereocenters. The van der Waals surface area contributed by atoms with Gasteiger partial charge in [0.1, 0.15) is 5.82 Å². The number of fused-ring (bicyclic) bond motifs is 1. The molecule has 0 aliphatic carbocycles. The van der Waals surface area contributed by atoms with E-state index in [4.69, 9.17) is 9.72 Å². The molecule has 0 spiro atoms. The number of likely N-dealkylation sites (tertiary alicyclic amines) is 1. The fourth-order valence-electron chi connectivity index (χ4n) is 5.86. The number of pyridine rings is 1. The maximum Gasteiger partial charge on any atom is 0.309 e. The molecule has 3 aromatic rings. The summed E-state index contributed by atoms with van der Waals surface area (Å²) >= 11 is 0. The monoisotopic (exact) mass is 584 g/mol. The summed E-state index contributed by atoms with van der Waals surface area (Å²) in [6, 6.07) is 8.29. The summed E-state index contributed by atoms with van der Waals surface area (Å²) in [5.41, 5.74) is 4.60. The van der Waals surface area contributed by atoms with Gasteiger partial charge < -0.3 is 18.8 Å². The van der Waals surface area contributed by atoms with Gasteiger partial charge in [0.05, 0.1) is 23.1 Å². The fraction of sp³-hybridized carbons (Fsp3) is 0.562. The third-order valence-corrected chi connectivity index (χ3v) is 8.04. The molecule has 2 aromatic heterocycles. The van der Waals surface area contributed by atoms with Gasteiger partial charge in [-0.05, 0) is 82.1 Å². The molecular weight excluding hydrogens is 540 g/mol. The van der Waals surface area contributed by atoms with Crippen LogP contribution >= 0.6 is 12.4 Å². The Labute approximate surface area is 249 Å². The Bertz CT molecular complexity index is 1420. The van der Waals surface area contributed by atoms with Gasteiger partial charge in [-0.3, -0.25) is 14.4 Å². The molecule has 1 saturated heterocycles. The Hall–Kier alpha value is -3.13. The average molecular weight is 585 g/mol. The first-order chi connectivity index (χ1) is 18.9. The van der Waals surface area contributed by atoms with Crippen molar-refractivity contribution in [3.63, 3.8) is 0 Å². The van der Waals surface area contributed by atoms with Crippen LogP contribution in [0.3, 0.4) is 0 Å². The highest BCUT2D eigenvalue weighted by Crippen LogP contribution is 2.30. The Kier molecular flexibility index (Phi) is 10.8. The maximum atomic E-state index is 12.7. The zero-order valence-corrected chi connectivity index (χ0v) is 26.3. The Morgan fingerprint density at radius 2 is 1.88 bits per heavy atom. The molecule has 1 fully saturated rings. The van der Waals surface area contributed by atoms with Crippen LogP contribution in [0.5, 0.6) is 0 Å². The number of nitrogens with zero attached hydrogens (tertiary/aromatic N) is 4. The molecule has 1 aliphatic heterocycles. The Morgan fingerprint density at radius 1 is 1.15 bits per heavy atom. The van der Waals surface area contributed by atoms with E-state index in [1.807, 2.05) is 37.9 Å². The van der Waals surface area contributed by atoms with E-state index in [1.54, 1.807) is 18.5 Å². The Morgan fingerprint density at radius 3 is 2.51 bits per heavy atom. The quantitative estimate of drug-likeness (QED) is 0.308. The van der Waals surface area contributed by atoms with E-state index in [-0.39, 0.29) is 47.8 Å². The minimum atomic E-state index is -0.157. The number of halogens is 1. The molecule has 8 nitrogen and oxygen atoms in total. The number of piperidine rings is 1. The van der Waals surface area contributed by atoms with Crippen LogP contribution in [0.4, 0.5) is 0 Å². The lowest BCUT2D eigenvalue weighted by atomic mass is 9.89. The average Bonchev–Trinajstić information content (AvgIpc) is 3.24. The number of benzene rings is 1.